The van der Waals surface area contributed by atoms with Crippen LogP contribution in [0.15, 0.2) is 17.5 Å². The molecule has 2 heterocycles. The van der Waals surface area contributed by atoms with Gasteiger partial charge in [0.25, 0.3) is 5.91 Å². The number of hydrogen-bond acceptors (Lipinski definition) is 4. The van der Waals surface area contributed by atoms with Crippen molar-refractivity contribution in [3.63, 3.8) is 0 Å². The maximum Gasteiger partial charge on any atom is 0.261 e. The third kappa shape index (κ3) is 2.23. The molecule has 0 radical (unpaired) electrons. The minimum absolute atomic E-state index is 0.117. The molecule has 0 saturated heterocycles. The fourth-order valence-electron chi connectivity index (χ4n) is 1.22. The first-order chi connectivity index (χ1) is 7.58. The predicted octanol–water partition coefficient (Wildman–Crippen LogP) is 2.37. The molecule has 1 unspecified atom stereocenters. The molecular weight excluding hydrogens is 260 g/mol. The fourth-order valence-corrected chi connectivity index (χ4v) is 3.29. The molecule has 3 N–H and O–H groups in total. The minimum Gasteiger partial charge on any atom is -0.392 e. The molecule has 2 aromatic rings. The van der Waals surface area contributed by atoms with Gasteiger partial charge in [0.1, 0.15) is 0 Å². The van der Waals surface area contributed by atoms with Gasteiger partial charge in [-0.25, -0.2) is 0 Å². The molecule has 2 aromatic heterocycles. The number of rotatable bonds is 3. The van der Waals surface area contributed by atoms with Crippen LogP contribution in [0, 0.1) is 0 Å². The zero-order valence-electron chi connectivity index (χ0n) is 8.52. The first-order valence-electron chi connectivity index (χ1n) is 4.65. The average molecular weight is 270 g/mol. The van der Waals surface area contributed by atoms with Crippen LogP contribution in [-0.2, 0) is 0 Å². The highest BCUT2D eigenvalue weighted by atomic mass is 32.1. The highest BCUT2D eigenvalue weighted by molar-refractivity contribution is 7.80. The highest BCUT2D eigenvalue weighted by Crippen LogP contribution is 2.29. The summed E-state index contributed by atoms with van der Waals surface area (Å²) < 4.78 is 2.27. The van der Waals surface area contributed by atoms with Crippen molar-refractivity contribution in [1.29, 1.82) is 0 Å². The predicted molar refractivity (Wildman–Crippen MR) is 73.4 cm³/mol. The summed E-state index contributed by atoms with van der Waals surface area (Å²) in [5, 5.41) is 4.77. The number of hydrogen-bond donors (Lipinski definition) is 2. The zero-order valence-corrected chi connectivity index (χ0v) is 11.0. The summed E-state index contributed by atoms with van der Waals surface area (Å²) in [7, 11) is 0. The Labute approximate surface area is 106 Å². The van der Waals surface area contributed by atoms with Crippen LogP contribution >= 0.6 is 34.9 Å². The van der Waals surface area contributed by atoms with Gasteiger partial charge in [0.15, 0.2) is 0 Å². The van der Waals surface area contributed by atoms with Crippen molar-refractivity contribution >= 4 is 55.2 Å². The van der Waals surface area contributed by atoms with E-state index in [1.807, 2.05) is 17.5 Å². The maximum atomic E-state index is 11.8. The molecule has 0 aliphatic carbocycles. The number of thiophene rings is 2. The quantitative estimate of drug-likeness (QED) is 0.842. The number of fused-ring (bicyclic) bond motifs is 1. The molecular formula is C10H10N2OS3. The van der Waals surface area contributed by atoms with Gasteiger partial charge in [0.2, 0.25) is 0 Å². The van der Waals surface area contributed by atoms with Gasteiger partial charge in [-0.2, -0.15) is 0 Å². The van der Waals surface area contributed by atoms with Crippen molar-refractivity contribution in [2.24, 2.45) is 5.73 Å². The summed E-state index contributed by atoms with van der Waals surface area (Å²) in [5.74, 6) is -0.117. The lowest BCUT2D eigenvalue weighted by Gasteiger charge is -2.10. The van der Waals surface area contributed by atoms with Crippen LogP contribution in [0.3, 0.4) is 0 Å². The Morgan fingerprint density at radius 1 is 1.56 bits per heavy atom. The molecule has 16 heavy (non-hydrogen) atoms. The van der Waals surface area contributed by atoms with Gasteiger partial charge >= 0.3 is 0 Å². The van der Waals surface area contributed by atoms with Crippen molar-refractivity contribution in [2.45, 2.75) is 13.0 Å². The fraction of sp³-hybridized carbons (Fsp3) is 0.200. The van der Waals surface area contributed by atoms with Crippen LogP contribution in [0.1, 0.15) is 16.6 Å². The lowest BCUT2D eigenvalue weighted by molar-refractivity contribution is 0.0953. The lowest BCUT2D eigenvalue weighted by Crippen LogP contribution is -2.40. The van der Waals surface area contributed by atoms with Gasteiger partial charge in [-0.05, 0) is 24.4 Å². The van der Waals surface area contributed by atoms with Crippen molar-refractivity contribution in [3.05, 3.63) is 22.4 Å². The lowest BCUT2D eigenvalue weighted by atomic mass is 10.3. The van der Waals surface area contributed by atoms with E-state index in [0.717, 1.165) is 9.40 Å². The molecule has 0 fully saturated rings. The number of thiocarbonyl (C=S) groups is 1. The summed E-state index contributed by atoms with van der Waals surface area (Å²) in [6, 6.07) is 3.63. The maximum absolute atomic E-state index is 11.8. The number of nitrogens with two attached hydrogens (primary N) is 1. The molecule has 84 valence electrons. The van der Waals surface area contributed by atoms with Crippen molar-refractivity contribution in [2.75, 3.05) is 0 Å². The first-order valence-corrected chi connectivity index (χ1v) is 6.75. The Hall–Kier alpha value is -0.980. The number of carbonyl (C=O) groups is 1. The number of carbonyl (C=O) groups excluding carboxylic acids is 1. The first kappa shape index (κ1) is 11.5. The van der Waals surface area contributed by atoms with E-state index >= 15 is 0 Å². The Bertz CT molecular complexity index is 514. The van der Waals surface area contributed by atoms with E-state index in [-0.39, 0.29) is 11.9 Å². The summed E-state index contributed by atoms with van der Waals surface area (Å²) in [5.41, 5.74) is 5.44. The van der Waals surface area contributed by atoms with Crippen molar-refractivity contribution in [3.8, 4) is 0 Å². The normalized spacial score (nSPS) is 12.6. The molecule has 0 bridgehead atoms. The molecule has 0 spiro atoms. The Kier molecular flexibility index (Phi) is 3.22. The van der Waals surface area contributed by atoms with Crippen LogP contribution in [0.4, 0.5) is 0 Å². The summed E-state index contributed by atoms with van der Waals surface area (Å²) in [4.78, 5) is 12.8. The van der Waals surface area contributed by atoms with Gasteiger partial charge in [-0.1, -0.05) is 12.2 Å². The second-order valence-corrected chi connectivity index (χ2v) is 5.86. The smallest absolute Gasteiger partial charge is 0.261 e. The third-order valence-corrected chi connectivity index (χ3v) is 4.58. The summed E-state index contributed by atoms with van der Waals surface area (Å²) in [6.07, 6.45) is 0. The van der Waals surface area contributed by atoms with Gasteiger partial charge in [0.05, 0.1) is 15.9 Å². The van der Waals surface area contributed by atoms with Crippen LogP contribution < -0.4 is 11.1 Å². The molecule has 0 aliphatic heterocycles. The zero-order chi connectivity index (χ0) is 11.7. The second kappa shape index (κ2) is 4.48. The van der Waals surface area contributed by atoms with Gasteiger partial charge in [-0.3, -0.25) is 4.79 Å². The van der Waals surface area contributed by atoms with Gasteiger partial charge in [-0.15, -0.1) is 22.7 Å². The molecule has 0 saturated carbocycles. The molecule has 3 nitrogen and oxygen atoms in total. The Balaban J connectivity index is 2.16. The molecule has 6 heteroatoms. The van der Waals surface area contributed by atoms with Crippen LogP contribution in [0.2, 0.25) is 0 Å². The molecule has 1 atom stereocenters. The van der Waals surface area contributed by atoms with Crippen LogP contribution in [0.25, 0.3) is 9.40 Å². The van der Waals surface area contributed by atoms with E-state index < -0.39 is 0 Å². The molecule has 0 aliphatic rings. The van der Waals surface area contributed by atoms with E-state index in [1.54, 1.807) is 18.3 Å². The molecule has 2 rings (SSSR count). The van der Waals surface area contributed by atoms with E-state index in [2.05, 4.69) is 5.32 Å². The number of nitrogens with one attached hydrogen (secondary N) is 1. The molecule has 0 aromatic carbocycles. The van der Waals surface area contributed by atoms with Gasteiger partial charge in [0, 0.05) is 9.40 Å². The third-order valence-electron chi connectivity index (χ3n) is 2.14. The second-order valence-electron chi connectivity index (χ2n) is 3.36. The topological polar surface area (TPSA) is 55.1 Å². The van der Waals surface area contributed by atoms with E-state index in [0.29, 0.717) is 9.87 Å². The van der Waals surface area contributed by atoms with Crippen LogP contribution in [-0.4, -0.2) is 16.9 Å². The Morgan fingerprint density at radius 2 is 2.31 bits per heavy atom. The van der Waals surface area contributed by atoms with E-state index in [1.165, 1.54) is 11.3 Å². The average Bonchev–Trinajstić information content (AvgIpc) is 2.75. The molecule has 1 amide bonds. The summed E-state index contributed by atoms with van der Waals surface area (Å²) >= 11 is 7.91. The largest absolute Gasteiger partial charge is 0.392 e. The standard InChI is InChI=1S/C10H10N2OS3/c1-5(9(11)14)12-10(13)8-4-7-6(16-8)2-3-15-7/h2-5H,1H3,(H2,11,14)(H,12,13). The summed E-state index contributed by atoms with van der Waals surface area (Å²) in [6.45, 7) is 1.77. The van der Waals surface area contributed by atoms with Crippen LogP contribution in [0.5, 0.6) is 0 Å². The minimum atomic E-state index is -0.275. The van der Waals surface area contributed by atoms with Gasteiger partial charge < -0.3 is 11.1 Å². The van der Waals surface area contributed by atoms with E-state index in [4.69, 9.17) is 18.0 Å². The number of amides is 1. The van der Waals surface area contributed by atoms with Crippen molar-refractivity contribution in [1.82, 2.24) is 5.32 Å². The van der Waals surface area contributed by atoms with E-state index in [9.17, 15) is 4.79 Å². The monoisotopic (exact) mass is 270 g/mol. The van der Waals surface area contributed by atoms with Crippen molar-refractivity contribution < 1.29 is 4.79 Å². The highest BCUT2D eigenvalue weighted by Gasteiger charge is 2.14. The SMILES string of the molecule is CC(NC(=O)c1cc2sccc2s1)C(N)=S. The Morgan fingerprint density at radius 3 is 2.94 bits per heavy atom.